The Morgan fingerprint density at radius 1 is 1.09 bits per heavy atom. The second kappa shape index (κ2) is 12.1. The summed E-state index contributed by atoms with van der Waals surface area (Å²) in [5.41, 5.74) is 1.01. The number of Topliss-reactive ketones (excluding diaryl/α,β-unsaturated/α-hetero) is 1. The fraction of sp³-hybridized carbons (Fsp3) is 0.594. The lowest BCUT2D eigenvalue weighted by Crippen LogP contribution is -2.59. The number of aliphatic hydroxyl groups is 1. The molecule has 4 atom stereocenters. The van der Waals surface area contributed by atoms with E-state index in [9.17, 15) is 28.7 Å². The Kier molecular flexibility index (Phi) is 9.19. The van der Waals surface area contributed by atoms with Gasteiger partial charge in [-0.15, -0.1) is 11.3 Å². The molecule has 0 spiro atoms. The van der Waals surface area contributed by atoms with Gasteiger partial charge in [-0.05, 0) is 36.3 Å². The number of hydrogen-bond acceptors (Lipinski definition) is 7. The normalized spacial score (nSPS) is 21.2. The number of thiazole rings is 1. The minimum absolute atomic E-state index is 0.00103. The third kappa shape index (κ3) is 7.49. The van der Waals surface area contributed by atoms with Gasteiger partial charge in [-0.1, -0.05) is 65.8 Å². The van der Waals surface area contributed by atoms with Crippen LogP contribution in [0.4, 0.5) is 4.39 Å². The summed E-state index contributed by atoms with van der Waals surface area (Å²) >= 11 is 1.53. The Labute approximate surface area is 256 Å². The molecule has 2 aromatic rings. The van der Waals surface area contributed by atoms with E-state index < -0.39 is 58.4 Å². The van der Waals surface area contributed by atoms with Crippen molar-refractivity contribution < 1.29 is 28.7 Å². The van der Waals surface area contributed by atoms with E-state index in [0.29, 0.717) is 0 Å². The van der Waals surface area contributed by atoms with Crippen LogP contribution in [0.15, 0.2) is 29.8 Å². The highest BCUT2D eigenvalue weighted by molar-refractivity contribution is 7.13. The van der Waals surface area contributed by atoms with Gasteiger partial charge in [0.1, 0.15) is 17.9 Å². The summed E-state index contributed by atoms with van der Waals surface area (Å²) in [6.45, 7) is 12.5. The van der Waals surface area contributed by atoms with Gasteiger partial charge in [0.15, 0.2) is 5.67 Å². The lowest BCUT2D eigenvalue weighted by atomic mass is 9.85. The van der Waals surface area contributed by atoms with Crippen molar-refractivity contribution in [1.82, 2.24) is 20.5 Å². The highest BCUT2D eigenvalue weighted by Gasteiger charge is 2.53. The van der Waals surface area contributed by atoms with E-state index in [4.69, 9.17) is 0 Å². The van der Waals surface area contributed by atoms with Crippen molar-refractivity contribution in [3.8, 4) is 10.4 Å². The summed E-state index contributed by atoms with van der Waals surface area (Å²) in [7, 11) is 0. The van der Waals surface area contributed by atoms with Crippen LogP contribution in [0.5, 0.6) is 0 Å². The standard InChI is InChI=1S/C32H43FN4O5S/c1-18-25(43-17-34-18)20-10-8-19(9-11-20)22(15-24(39)30(2,3)4)35-27(40)23-14-21(38)16-37(23)28(41)26(31(5,6)7)36-29(42)32(33)12-13-32/h8-11,17,21-23,26,38H,12-16H2,1-7H3,(H,35,40)(H,36,42)/t21-,22?,23?,26-/m1/s1. The van der Waals surface area contributed by atoms with Crippen molar-refractivity contribution in [3.63, 3.8) is 0 Å². The number of β-amino-alcohol motifs (C(OH)–C–C–N with tert-alkyl or cyclic N) is 1. The quantitative estimate of drug-likeness (QED) is 0.387. The third-order valence-corrected chi connectivity index (χ3v) is 9.19. The van der Waals surface area contributed by atoms with Gasteiger partial charge in [0.2, 0.25) is 11.8 Å². The Hall–Kier alpha value is -3.18. The molecule has 1 saturated carbocycles. The fourth-order valence-corrected chi connectivity index (χ4v) is 5.99. The number of likely N-dealkylation sites (tertiary alicyclic amines) is 1. The van der Waals surface area contributed by atoms with Crippen molar-refractivity contribution in [2.24, 2.45) is 10.8 Å². The Balaban J connectivity index is 1.58. The molecule has 0 radical (unpaired) electrons. The molecule has 2 heterocycles. The van der Waals surface area contributed by atoms with Crippen molar-refractivity contribution in [2.45, 2.75) is 104 Å². The van der Waals surface area contributed by atoms with E-state index >= 15 is 0 Å². The van der Waals surface area contributed by atoms with Crippen LogP contribution in [0.1, 0.15) is 84.5 Å². The first-order valence-corrected chi connectivity index (χ1v) is 15.6. The minimum atomic E-state index is -1.97. The van der Waals surface area contributed by atoms with Crippen LogP contribution < -0.4 is 10.6 Å². The second-order valence-corrected chi connectivity index (χ2v) is 14.8. The average molecular weight is 615 g/mol. The third-order valence-electron chi connectivity index (χ3n) is 8.21. The molecular formula is C32H43FN4O5S. The molecule has 43 heavy (non-hydrogen) atoms. The molecule has 4 rings (SSSR count). The molecule has 0 bridgehead atoms. The number of hydrogen-bond donors (Lipinski definition) is 3. The first kappa shape index (κ1) is 32.7. The van der Waals surface area contributed by atoms with Crippen LogP contribution in [0.25, 0.3) is 10.4 Å². The molecule has 11 heteroatoms. The molecule has 1 aliphatic heterocycles. The zero-order valence-electron chi connectivity index (χ0n) is 26.0. The molecule has 3 amide bonds. The van der Waals surface area contributed by atoms with Crippen molar-refractivity contribution >= 4 is 34.8 Å². The van der Waals surface area contributed by atoms with Gasteiger partial charge in [-0.25, -0.2) is 9.37 Å². The monoisotopic (exact) mass is 614 g/mol. The minimum Gasteiger partial charge on any atom is -0.391 e. The molecule has 3 N–H and O–H groups in total. The molecular weight excluding hydrogens is 571 g/mol. The number of nitrogens with one attached hydrogen (secondary N) is 2. The number of benzene rings is 1. The number of rotatable bonds is 9. The fourth-order valence-electron chi connectivity index (χ4n) is 5.18. The topological polar surface area (TPSA) is 129 Å². The summed E-state index contributed by atoms with van der Waals surface area (Å²) in [6, 6.07) is 4.80. The predicted molar refractivity (Wildman–Crippen MR) is 163 cm³/mol. The molecule has 9 nitrogen and oxygen atoms in total. The molecule has 2 unspecified atom stereocenters. The summed E-state index contributed by atoms with van der Waals surface area (Å²) in [4.78, 5) is 59.9. The molecule has 2 fully saturated rings. The average Bonchev–Trinajstić information content (AvgIpc) is 3.33. The van der Waals surface area contributed by atoms with Gasteiger partial charge < -0.3 is 20.6 Å². The number of halogens is 1. The van der Waals surface area contributed by atoms with Crippen molar-refractivity contribution in [1.29, 1.82) is 0 Å². The van der Waals surface area contributed by atoms with Crippen molar-refractivity contribution in [2.75, 3.05) is 6.54 Å². The smallest absolute Gasteiger partial charge is 0.258 e. The highest BCUT2D eigenvalue weighted by Crippen LogP contribution is 2.40. The molecule has 1 aromatic heterocycles. The Bertz CT molecular complexity index is 1370. The number of nitrogens with zero attached hydrogens (tertiary/aromatic N) is 2. The maximum Gasteiger partial charge on any atom is 0.258 e. The maximum absolute atomic E-state index is 14.5. The largest absolute Gasteiger partial charge is 0.391 e. The molecule has 1 aromatic carbocycles. The van der Waals surface area contributed by atoms with Crippen LogP contribution in [0.2, 0.25) is 0 Å². The number of aryl methyl sites for hydroxylation is 1. The SMILES string of the molecule is Cc1ncsc1-c1ccc(C(CC(=O)C(C)(C)C)NC(=O)C2C[C@@H](O)CN2C(=O)[C@@H](NC(=O)C2(F)CC2)C(C)(C)C)cc1. The molecule has 2 aliphatic rings. The van der Waals surface area contributed by atoms with Gasteiger partial charge in [0.05, 0.1) is 28.2 Å². The zero-order chi connectivity index (χ0) is 31.9. The van der Waals surface area contributed by atoms with Crippen LogP contribution in [0.3, 0.4) is 0 Å². The number of amides is 3. The van der Waals surface area contributed by atoms with Crippen LogP contribution in [0, 0.1) is 17.8 Å². The van der Waals surface area contributed by atoms with E-state index in [1.165, 1.54) is 16.2 Å². The van der Waals surface area contributed by atoms with Gasteiger partial charge in [-0.3, -0.25) is 19.2 Å². The number of alkyl halides is 1. The highest BCUT2D eigenvalue weighted by atomic mass is 32.1. The Morgan fingerprint density at radius 3 is 2.23 bits per heavy atom. The van der Waals surface area contributed by atoms with E-state index in [-0.39, 0.29) is 38.0 Å². The number of ketones is 1. The van der Waals surface area contributed by atoms with Crippen molar-refractivity contribution in [3.05, 3.63) is 41.0 Å². The van der Waals surface area contributed by atoms with E-state index in [1.54, 1.807) is 26.3 Å². The van der Waals surface area contributed by atoms with Crippen LogP contribution in [-0.4, -0.2) is 68.9 Å². The first-order valence-electron chi connectivity index (χ1n) is 14.7. The maximum atomic E-state index is 14.5. The lowest BCUT2D eigenvalue weighted by molar-refractivity contribution is -0.145. The zero-order valence-corrected chi connectivity index (χ0v) is 26.8. The van der Waals surface area contributed by atoms with Crippen LogP contribution in [-0.2, 0) is 19.2 Å². The van der Waals surface area contributed by atoms with Gasteiger partial charge in [0, 0.05) is 24.8 Å². The summed E-state index contributed by atoms with van der Waals surface area (Å²) < 4.78 is 14.5. The Morgan fingerprint density at radius 2 is 1.72 bits per heavy atom. The summed E-state index contributed by atoms with van der Waals surface area (Å²) in [5, 5.41) is 16.1. The van der Waals surface area contributed by atoms with Gasteiger partial charge in [0.25, 0.3) is 5.91 Å². The van der Waals surface area contributed by atoms with Crippen LogP contribution >= 0.6 is 11.3 Å². The number of aromatic nitrogens is 1. The summed E-state index contributed by atoms with van der Waals surface area (Å²) in [5.74, 6) is -1.95. The number of carbonyl (C=O) groups excluding carboxylic acids is 4. The lowest BCUT2D eigenvalue weighted by Gasteiger charge is -2.36. The molecule has 1 aliphatic carbocycles. The summed E-state index contributed by atoms with van der Waals surface area (Å²) in [6.07, 6.45) is -0.702. The van der Waals surface area contributed by atoms with E-state index in [0.717, 1.165) is 21.7 Å². The molecule has 234 valence electrons. The number of aliphatic hydroxyl groups excluding tert-OH is 1. The van der Waals surface area contributed by atoms with Gasteiger partial charge in [-0.2, -0.15) is 0 Å². The predicted octanol–water partition coefficient (Wildman–Crippen LogP) is 4.28. The van der Waals surface area contributed by atoms with E-state index in [1.807, 2.05) is 52.0 Å². The number of carbonyl (C=O) groups is 4. The van der Waals surface area contributed by atoms with Gasteiger partial charge >= 0.3 is 0 Å². The second-order valence-electron chi connectivity index (χ2n) is 14.0. The molecule has 1 saturated heterocycles. The van der Waals surface area contributed by atoms with E-state index in [2.05, 4.69) is 15.6 Å². The first-order chi connectivity index (χ1) is 19.9.